The van der Waals surface area contributed by atoms with Crippen molar-refractivity contribution >= 4 is 29.0 Å². The number of piperidine rings is 1. The van der Waals surface area contributed by atoms with Gasteiger partial charge < -0.3 is 9.80 Å². The number of hydrogen-bond donors (Lipinski definition) is 0. The van der Waals surface area contributed by atoms with Crippen molar-refractivity contribution in [2.24, 2.45) is 0 Å². The summed E-state index contributed by atoms with van der Waals surface area (Å²) in [5.74, 6) is 0.839. The van der Waals surface area contributed by atoms with Crippen molar-refractivity contribution in [1.29, 1.82) is 0 Å². The Kier molecular flexibility index (Phi) is 2.82. The average molecular weight is 280 g/mol. The topological polar surface area (TPSA) is 49.3 Å². The second-order valence-corrected chi connectivity index (χ2v) is 5.44. The molecule has 1 fully saturated rings. The van der Waals surface area contributed by atoms with Gasteiger partial charge in [-0.25, -0.2) is 4.98 Å². The number of carbonyl (C=O) groups excluding carboxylic acids is 1. The summed E-state index contributed by atoms with van der Waals surface area (Å²) < 4.78 is 0. The van der Waals surface area contributed by atoms with E-state index >= 15 is 0 Å². The summed E-state index contributed by atoms with van der Waals surface area (Å²) in [6.07, 6.45) is 5.07. The van der Waals surface area contributed by atoms with Gasteiger partial charge in [0, 0.05) is 13.6 Å². The molecule has 2 aliphatic rings. The molecule has 6 heteroatoms. The number of halogens is 1. The van der Waals surface area contributed by atoms with Crippen LogP contribution in [-0.2, 0) is 4.79 Å². The van der Waals surface area contributed by atoms with Crippen LogP contribution in [0, 0.1) is 6.92 Å². The van der Waals surface area contributed by atoms with Crippen LogP contribution in [-0.4, -0.2) is 35.0 Å². The first-order valence-corrected chi connectivity index (χ1v) is 6.85. The summed E-state index contributed by atoms with van der Waals surface area (Å²) in [6.45, 7) is 4.81. The van der Waals surface area contributed by atoms with E-state index in [-0.39, 0.29) is 11.2 Å². The summed E-state index contributed by atoms with van der Waals surface area (Å²) >= 11 is 5.91. The lowest BCUT2D eigenvalue weighted by molar-refractivity contribution is -0.124. The zero-order valence-electron chi connectivity index (χ0n) is 10.9. The lowest BCUT2D eigenvalue weighted by atomic mass is 9.81. The molecule has 0 saturated carbocycles. The summed E-state index contributed by atoms with van der Waals surface area (Å²) in [6, 6.07) is 0. The maximum Gasteiger partial charge on any atom is 0.257 e. The molecule has 0 aromatic carbocycles. The van der Waals surface area contributed by atoms with Crippen LogP contribution in [0.2, 0.25) is 5.28 Å². The number of fused-ring (bicyclic) bond motifs is 3. The van der Waals surface area contributed by atoms with Crippen molar-refractivity contribution in [3.05, 3.63) is 18.4 Å². The van der Waals surface area contributed by atoms with E-state index in [1.54, 1.807) is 18.1 Å². The largest absolute Gasteiger partial charge is 0.336 e. The molecule has 0 bridgehead atoms. The Morgan fingerprint density at radius 3 is 3.05 bits per heavy atom. The molecule has 3 heterocycles. The summed E-state index contributed by atoms with van der Waals surface area (Å²) in [5, 5.41) is 0.213. The van der Waals surface area contributed by atoms with Crippen molar-refractivity contribution < 1.29 is 4.79 Å². The van der Waals surface area contributed by atoms with Gasteiger partial charge in [0.1, 0.15) is 12.1 Å². The first kappa shape index (κ1) is 12.5. The van der Waals surface area contributed by atoms with Gasteiger partial charge in [-0.15, -0.1) is 0 Å². The molecule has 5 nitrogen and oxygen atoms in total. The summed E-state index contributed by atoms with van der Waals surface area (Å²) in [5.41, 5.74) is 0.165. The number of rotatable bonds is 1. The maximum atomic E-state index is 12.7. The van der Waals surface area contributed by atoms with E-state index in [9.17, 15) is 4.79 Å². The fraction of sp³-hybridized carbons (Fsp3) is 0.538. The number of carbonyl (C=O) groups is 1. The minimum atomic E-state index is -0.558. The summed E-state index contributed by atoms with van der Waals surface area (Å²) in [4.78, 5) is 24.7. The molecule has 1 aromatic rings. The molecular weight excluding hydrogens is 264 g/mol. The number of likely N-dealkylation sites (N-methyl/N-ethyl adjacent to an activating group) is 1. The zero-order valence-corrected chi connectivity index (χ0v) is 11.7. The molecule has 1 atom stereocenters. The minimum absolute atomic E-state index is 0.0839. The van der Waals surface area contributed by atoms with Crippen molar-refractivity contribution in [1.82, 2.24) is 9.97 Å². The Morgan fingerprint density at radius 1 is 1.53 bits per heavy atom. The Hall–Kier alpha value is -1.49. The molecule has 0 N–H and O–H groups in total. The van der Waals surface area contributed by atoms with Crippen LogP contribution in [0.15, 0.2) is 6.20 Å². The van der Waals surface area contributed by atoms with E-state index in [1.165, 1.54) is 0 Å². The van der Waals surface area contributed by atoms with Crippen molar-refractivity contribution in [3.8, 4) is 0 Å². The van der Waals surface area contributed by atoms with Gasteiger partial charge >= 0.3 is 0 Å². The van der Waals surface area contributed by atoms with E-state index in [0.717, 1.165) is 37.3 Å². The van der Waals surface area contributed by atoms with Gasteiger partial charge in [-0.2, -0.15) is 4.98 Å². The average Bonchev–Trinajstić information content (AvgIpc) is 2.44. The van der Waals surface area contributed by atoms with Gasteiger partial charge in [-0.05, 0) is 30.9 Å². The van der Waals surface area contributed by atoms with Gasteiger partial charge in [0.2, 0.25) is 5.28 Å². The van der Waals surface area contributed by atoms with Crippen LogP contribution in [0.5, 0.6) is 0 Å². The van der Waals surface area contributed by atoms with Gasteiger partial charge in [-0.3, -0.25) is 4.79 Å². The van der Waals surface area contributed by atoms with Crippen LogP contribution < -0.4 is 9.80 Å². The molecule has 1 saturated heterocycles. The molecule has 0 spiro atoms. The van der Waals surface area contributed by atoms with Crippen LogP contribution in [0.3, 0.4) is 0 Å². The van der Waals surface area contributed by atoms with E-state index < -0.39 is 5.54 Å². The zero-order chi connectivity index (χ0) is 13.6. The van der Waals surface area contributed by atoms with Crippen molar-refractivity contribution in [3.63, 3.8) is 0 Å². The number of amides is 1. The highest BCUT2D eigenvalue weighted by Crippen LogP contribution is 2.44. The molecule has 1 aromatic heterocycles. The smallest absolute Gasteiger partial charge is 0.257 e. The quantitative estimate of drug-likeness (QED) is 0.583. The lowest BCUT2D eigenvalue weighted by Crippen LogP contribution is -2.64. The number of anilines is 2. The van der Waals surface area contributed by atoms with E-state index in [1.807, 2.05) is 0 Å². The standard InChI is InChI=1S/C13H16ClN4O/c1-3-13-6-4-5-7-18(13)10-9(17(2)11(13)19)8-15-12(14)16-10/h8H,1,3-7H2,2H3/q+1. The highest BCUT2D eigenvalue weighted by atomic mass is 35.5. The Labute approximate surface area is 117 Å². The van der Waals surface area contributed by atoms with Gasteiger partial charge in [0.15, 0.2) is 11.4 Å². The van der Waals surface area contributed by atoms with E-state index in [0.29, 0.717) is 6.42 Å². The first-order valence-electron chi connectivity index (χ1n) is 6.48. The van der Waals surface area contributed by atoms with E-state index in [4.69, 9.17) is 11.6 Å². The maximum absolute atomic E-state index is 12.7. The van der Waals surface area contributed by atoms with Gasteiger partial charge in [0.25, 0.3) is 5.91 Å². The monoisotopic (exact) mass is 279 g/mol. The molecule has 2 aliphatic heterocycles. The van der Waals surface area contributed by atoms with Crippen LogP contribution in [0.25, 0.3) is 0 Å². The highest BCUT2D eigenvalue weighted by Gasteiger charge is 2.53. The first-order chi connectivity index (χ1) is 9.10. The molecule has 1 amide bonds. The lowest BCUT2D eigenvalue weighted by Gasteiger charge is -2.49. The second kappa shape index (κ2) is 4.27. The van der Waals surface area contributed by atoms with Crippen molar-refractivity contribution in [2.45, 2.75) is 31.2 Å². The fourth-order valence-corrected chi connectivity index (χ4v) is 3.27. The van der Waals surface area contributed by atoms with Crippen LogP contribution >= 0.6 is 11.6 Å². The number of hydrogen-bond acceptors (Lipinski definition) is 4. The normalized spacial score (nSPS) is 26.1. The van der Waals surface area contributed by atoms with Crippen molar-refractivity contribution in [2.75, 3.05) is 23.4 Å². The molecule has 1 unspecified atom stereocenters. The number of aromatic nitrogens is 2. The summed E-state index contributed by atoms with van der Waals surface area (Å²) in [7, 11) is 1.77. The predicted octanol–water partition coefficient (Wildman–Crippen LogP) is 2.06. The third kappa shape index (κ3) is 1.61. The van der Waals surface area contributed by atoms with Crippen LogP contribution in [0.4, 0.5) is 11.5 Å². The third-order valence-corrected chi connectivity index (χ3v) is 4.37. The molecular formula is C13H16ClN4O+. The Bertz CT molecular complexity index is 535. The predicted molar refractivity (Wildman–Crippen MR) is 74.4 cm³/mol. The van der Waals surface area contributed by atoms with Gasteiger partial charge in [-0.1, -0.05) is 0 Å². The Morgan fingerprint density at radius 2 is 2.32 bits per heavy atom. The number of nitrogens with zero attached hydrogens (tertiary/aromatic N) is 4. The van der Waals surface area contributed by atoms with Gasteiger partial charge in [0.05, 0.1) is 13.1 Å². The molecule has 100 valence electrons. The molecule has 19 heavy (non-hydrogen) atoms. The SMILES string of the molecule is [CH2+]CC12CCCCN1c1nc(Cl)ncc1N(C)C2=O. The second-order valence-electron chi connectivity index (χ2n) is 5.10. The molecule has 0 aliphatic carbocycles. The molecule has 3 rings (SSSR count). The fourth-order valence-electron chi connectivity index (χ4n) is 3.14. The molecule has 0 radical (unpaired) electrons. The van der Waals surface area contributed by atoms with E-state index in [2.05, 4.69) is 21.8 Å². The minimum Gasteiger partial charge on any atom is -0.336 e. The Balaban J connectivity index is 2.20. The van der Waals surface area contributed by atoms with Crippen LogP contribution in [0.1, 0.15) is 25.7 Å². The third-order valence-electron chi connectivity index (χ3n) is 4.19. The highest BCUT2D eigenvalue weighted by molar-refractivity contribution is 6.28.